The second-order valence-corrected chi connectivity index (χ2v) is 6.92. The molecule has 2 heterocycles. The van der Waals surface area contributed by atoms with Crippen molar-refractivity contribution in [3.8, 4) is 0 Å². The van der Waals surface area contributed by atoms with Crippen LogP contribution in [0.1, 0.15) is 26.5 Å². The molecule has 2 rings (SSSR count). The number of aliphatic imine (C=N–C) groups is 1. The lowest BCUT2D eigenvalue weighted by Gasteiger charge is -2.30. The number of hydrogen-bond donors (Lipinski definition) is 2. The minimum absolute atomic E-state index is 0.0805. The molecule has 6 nitrogen and oxygen atoms in total. The van der Waals surface area contributed by atoms with Gasteiger partial charge < -0.3 is 19.8 Å². The van der Waals surface area contributed by atoms with Gasteiger partial charge in [-0.05, 0) is 17.5 Å². The van der Waals surface area contributed by atoms with E-state index in [1.807, 2.05) is 28.8 Å². The van der Waals surface area contributed by atoms with Crippen molar-refractivity contribution in [3.05, 3.63) is 36.3 Å². The first-order valence-electron chi connectivity index (χ1n) is 8.34. The molecule has 0 aliphatic rings. The Morgan fingerprint density at radius 1 is 1.33 bits per heavy atom. The molecule has 0 radical (unpaired) electrons. The summed E-state index contributed by atoms with van der Waals surface area (Å²) in [4.78, 5) is 8.86. The molecule has 2 N–H and O–H groups in total. The highest BCUT2D eigenvalue weighted by Gasteiger charge is 2.24. The predicted octanol–water partition coefficient (Wildman–Crippen LogP) is 2.10. The fraction of sp³-hybridized carbons (Fsp3) is 0.556. The SMILES string of the molecule is CN=C(NCCc1cn2ccccc2n1)NCC(OC)C(C)(C)C. The molecule has 0 spiro atoms. The van der Waals surface area contributed by atoms with Gasteiger partial charge in [0.2, 0.25) is 0 Å². The van der Waals surface area contributed by atoms with E-state index in [0.29, 0.717) is 6.54 Å². The molecular formula is C18H29N5O. The first-order valence-corrected chi connectivity index (χ1v) is 8.34. The number of methoxy groups -OCH3 is 1. The largest absolute Gasteiger partial charge is 0.379 e. The fourth-order valence-corrected chi connectivity index (χ4v) is 2.57. The van der Waals surface area contributed by atoms with Crippen molar-refractivity contribution in [2.75, 3.05) is 27.2 Å². The van der Waals surface area contributed by atoms with E-state index in [9.17, 15) is 0 Å². The Hall–Kier alpha value is -2.08. The van der Waals surface area contributed by atoms with Crippen LogP contribution in [-0.4, -0.2) is 48.7 Å². The molecule has 2 aromatic heterocycles. The van der Waals surface area contributed by atoms with Gasteiger partial charge in [0.15, 0.2) is 5.96 Å². The number of guanidine groups is 1. The van der Waals surface area contributed by atoms with E-state index >= 15 is 0 Å². The maximum absolute atomic E-state index is 5.56. The van der Waals surface area contributed by atoms with E-state index in [2.05, 4.69) is 47.6 Å². The molecule has 24 heavy (non-hydrogen) atoms. The number of aromatic nitrogens is 2. The molecule has 0 fully saturated rings. The summed E-state index contributed by atoms with van der Waals surface area (Å²) in [6.45, 7) is 8.00. The summed E-state index contributed by atoms with van der Waals surface area (Å²) in [6, 6.07) is 6.01. The normalized spacial score (nSPS) is 14.0. The van der Waals surface area contributed by atoms with Crippen LogP contribution in [0.25, 0.3) is 5.65 Å². The number of nitrogens with one attached hydrogen (secondary N) is 2. The first-order chi connectivity index (χ1) is 11.4. The van der Waals surface area contributed by atoms with Gasteiger partial charge in [-0.3, -0.25) is 4.99 Å². The Morgan fingerprint density at radius 2 is 2.12 bits per heavy atom. The molecule has 0 aromatic carbocycles. The summed E-state index contributed by atoms with van der Waals surface area (Å²) < 4.78 is 7.60. The van der Waals surface area contributed by atoms with Crippen LogP contribution in [0, 0.1) is 5.41 Å². The molecule has 0 aliphatic heterocycles. The van der Waals surface area contributed by atoms with Crippen molar-refractivity contribution in [2.24, 2.45) is 10.4 Å². The number of pyridine rings is 1. The van der Waals surface area contributed by atoms with Crippen molar-refractivity contribution < 1.29 is 4.74 Å². The maximum atomic E-state index is 5.56. The number of rotatable bonds is 6. The maximum Gasteiger partial charge on any atom is 0.191 e. The Balaban J connectivity index is 1.81. The zero-order valence-electron chi connectivity index (χ0n) is 15.3. The van der Waals surface area contributed by atoms with Crippen LogP contribution in [0.4, 0.5) is 0 Å². The van der Waals surface area contributed by atoms with Gasteiger partial charge in [0, 0.05) is 46.1 Å². The summed E-state index contributed by atoms with van der Waals surface area (Å²) in [5, 5.41) is 6.66. The van der Waals surface area contributed by atoms with E-state index in [0.717, 1.165) is 30.3 Å². The quantitative estimate of drug-likeness (QED) is 0.628. The highest BCUT2D eigenvalue weighted by atomic mass is 16.5. The Morgan fingerprint density at radius 3 is 2.75 bits per heavy atom. The van der Waals surface area contributed by atoms with Crippen LogP contribution in [-0.2, 0) is 11.2 Å². The van der Waals surface area contributed by atoms with Gasteiger partial charge in [0.25, 0.3) is 0 Å². The molecule has 0 saturated carbocycles. The Kier molecular flexibility index (Phi) is 6.20. The molecule has 1 unspecified atom stereocenters. The zero-order chi connectivity index (χ0) is 17.6. The zero-order valence-corrected chi connectivity index (χ0v) is 15.3. The molecule has 1 atom stereocenters. The topological polar surface area (TPSA) is 63.0 Å². The average Bonchev–Trinajstić information content (AvgIpc) is 2.95. The van der Waals surface area contributed by atoms with Crippen molar-refractivity contribution >= 4 is 11.6 Å². The molecule has 0 aliphatic carbocycles. The fourth-order valence-electron chi connectivity index (χ4n) is 2.57. The summed E-state index contributed by atoms with van der Waals surface area (Å²) in [5.74, 6) is 0.782. The highest BCUT2D eigenvalue weighted by molar-refractivity contribution is 5.79. The highest BCUT2D eigenvalue weighted by Crippen LogP contribution is 2.20. The van der Waals surface area contributed by atoms with Gasteiger partial charge in [0.1, 0.15) is 5.65 Å². The second kappa shape index (κ2) is 8.15. The number of fused-ring (bicyclic) bond motifs is 1. The predicted molar refractivity (Wildman–Crippen MR) is 98.5 cm³/mol. The van der Waals surface area contributed by atoms with Gasteiger partial charge in [-0.1, -0.05) is 26.8 Å². The van der Waals surface area contributed by atoms with Crippen molar-refractivity contribution in [3.63, 3.8) is 0 Å². The van der Waals surface area contributed by atoms with Crippen LogP contribution in [0.2, 0.25) is 0 Å². The summed E-state index contributed by atoms with van der Waals surface area (Å²) in [7, 11) is 3.52. The lowest BCUT2D eigenvalue weighted by Crippen LogP contribution is -2.45. The standard InChI is InChI=1S/C18H29N5O/c1-18(2,3)15(24-5)12-21-17(19-4)20-10-9-14-13-23-11-7-6-8-16(23)22-14/h6-8,11,13,15H,9-10,12H2,1-5H3,(H2,19,20,21). The summed E-state index contributed by atoms with van der Waals surface area (Å²) >= 11 is 0. The molecule has 0 bridgehead atoms. The van der Waals surface area contributed by atoms with Gasteiger partial charge >= 0.3 is 0 Å². The van der Waals surface area contributed by atoms with E-state index in [1.54, 1.807) is 14.2 Å². The molecule has 0 amide bonds. The third-order valence-corrected chi connectivity index (χ3v) is 4.02. The van der Waals surface area contributed by atoms with Crippen molar-refractivity contribution in [1.29, 1.82) is 0 Å². The van der Waals surface area contributed by atoms with Crippen LogP contribution in [0.5, 0.6) is 0 Å². The monoisotopic (exact) mass is 331 g/mol. The summed E-state index contributed by atoms with van der Waals surface area (Å²) in [6.07, 6.45) is 5.04. The van der Waals surface area contributed by atoms with Gasteiger partial charge in [-0.2, -0.15) is 0 Å². The smallest absolute Gasteiger partial charge is 0.191 e. The van der Waals surface area contributed by atoms with Gasteiger partial charge in [-0.25, -0.2) is 4.98 Å². The van der Waals surface area contributed by atoms with Crippen LogP contribution in [0.15, 0.2) is 35.6 Å². The Bertz CT molecular complexity index is 638. The van der Waals surface area contributed by atoms with E-state index in [-0.39, 0.29) is 11.5 Å². The molecular weight excluding hydrogens is 302 g/mol. The van der Waals surface area contributed by atoms with Crippen molar-refractivity contribution in [2.45, 2.75) is 33.3 Å². The number of hydrogen-bond acceptors (Lipinski definition) is 3. The van der Waals surface area contributed by atoms with Crippen molar-refractivity contribution in [1.82, 2.24) is 20.0 Å². The van der Waals surface area contributed by atoms with Crippen LogP contribution in [0.3, 0.4) is 0 Å². The molecule has 6 heteroatoms. The summed E-state index contributed by atoms with van der Waals surface area (Å²) in [5.41, 5.74) is 2.12. The number of ether oxygens (including phenoxy) is 1. The third kappa shape index (κ3) is 4.96. The van der Waals surface area contributed by atoms with E-state index in [1.165, 1.54) is 0 Å². The number of nitrogens with zero attached hydrogens (tertiary/aromatic N) is 3. The lowest BCUT2D eigenvalue weighted by atomic mass is 9.89. The molecule has 0 saturated heterocycles. The second-order valence-electron chi connectivity index (χ2n) is 6.92. The molecule has 132 valence electrons. The van der Waals surface area contributed by atoms with Gasteiger partial charge in [-0.15, -0.1) is 0 Å². The molecule has 2 aromatic rings. The Labute approximate surface area is 144 Å². The van der Waals surface area contributed by atoms with Crippen LogP contribution >= 0.6 is 0 Å². The third-order valence-electron chi connectivity index (χ3n) is 4.02. The average molecular weight is 331 g/mol. The number of imidazole rings is 1. The van der Waals surface area contributed by atoms with Crippen LogP contribution < -0.4 is 10.6 Å². The minimum atomic E-state index is 0.0805. The van der Waals surface area contributed by atoms with E-state index < -0.39 is 0 Å². The first kappa shape index (κ1) is 18.3. The van der Waals surface area contributed by atoms with E-state index in [4.69, 9.17) is 4.74 Å². The van der Waals surface area contributed by atoms with Gasteiger partial charge in [0.05, 0.1) is 11.8 Å². The lowest BCUT2D eigenvalue weighted by molar-refractivity contribution is 0.0205. The minimum Gasteiger partial charge on any atom is -0.379 e.